The molecular formula is C36H53N3O9. The van der Waals surface area contributed by atoms with Crippen LogP contribution in [0.4, 0.5) is 4.79 Å². The van der Waals surface area contributed by atoms with Crippen molar-refractivity contribution in [3.63, 3.8) is 0 Å². The van der Waals surface area contributed by atoms with E-state index in [1.54, 1.807) is 0 Å². The molecule has 0 aliphatic carbocycles. The van der Waals surface area contributed by atoms with E-state index in [0.717, 1.165) is 11.1 Å². The van der Waals surface area contributed by atoms with Gasteiger partial charge in [0, 0.05) is 18.4 Å². The molecule has 6 N–H and O–H groups in total. The quantitative estimate of drug-likeness (QED) is 0.175. The molecule has 2 rings (SSSR count). The van der Waals surface area contributed by atoms with Crippen LogP contribution in [0.3, 0.4) is 0 Å². The molecule has 0 radical (unpaired) electrons. The topological polar surface area (TPSA) is 197 Å². The van der Waals surface area contributed by atoms with Crippen molar-refractivity contribution in [1.29, 1.82) is 0 Å². The van der Waals surface area contributed by atoms with E-state index in [-0.39, 0.29) is 31.8 Å². The number of rotatable bonds is 14. The summed E-state index contributed by atoms with van der Waals surface area (Å²) in [4.78, 5) is 60.5. The van der Waals surface area contributed by atoms with Crippen molar-refractivity contribution < 1.29 is 44.0 Å². The molecule has 48 heavy (non-hydrogen) atoms. The molecule has 3 atom stereocenters. The fraction of sp³-hybridized carbons (Fsp3) is 0.528. The van der Waals surface area contributed by atoms with Crippen molar-refractivity contribution in [1.82, 2.24) is 10.2 Å². The van der Waals surface area contributed by atoms with Crippen LogP contribution >= 0.6 is 0 Å². The molecule has 2 aromatic rings. The van der Waals surface area contributed by atoms with Gasteiger partial charge in [-0.05, 0) is 56.1 Å². The Balaban J connectivity index is 0.000000549. The summed E-state index contributed by atoms with van der Waals surface area (Å²) in [5, 5.41) is 30.1. The van der Waals surface area contributed by atoms with Gasteiger partial charge < -0.3 is 31.1 Å². The summed E-state index contributed by atoms with van der Waals surface area (Å²) in [5.74, 6) is -3.77. The first-order chi connectivity index (χ1) is 22.1. The monoisotopic (exact) mass is 671 g/mol. The van der Waals surface area contributed by atoms with Crippen molar-refractivity contribution in [2.45, 2.75) is 111 Å². The van der Waals surface area contributed by atoms with Crippen LogP contribution in [0.2, 0.25) is 0 Å². The summed E-state index contributed by atoms with van der Waals surface area (Å²) in [6, 6.07) is 16.8. The molecule has 0 saturated carbocycles. The lowest BCUT2D eigenvalue weighted by Gasteiger charge is -2.53. The van der Waals surface area contributed by atoms with Crippen molar-refractivity contribution in [2.75, 3.05) is 0 Å². The first kappa shape index (κ1) is 41.6. The van der Waals surface area contributed by atoms with Crippen molar-refractivity contribution in [2.24, 2.45) is 17.1 Å². The van der Waals surface area contributed by atoms with Crippen LogP contribution in [0.15, 0.2) is 60.7 Å². The first-order valence-electron chi connectivity index (χ1n) is 15.9. The van der Waals surface area contributed by atoms with Gasteiger partial charge in [0.15, 0.2) is 5.54 Å². The summed E-state index contributed by atoms with van der Waals surface area (Å²) in [5.41, 5.74) is 4.23. The lowest BCUT2D eigenvalue weighted by atomic mass is 9.67. The van der Waals surface area contributed by atoms with Gasteiger partial charge in [0.1, 0.15) is 12.6 Å². The van der Waals surface area contributed by atoms with Crippen LogP contribution in [0.1, 0.15) is 85.8 Å². The van der Waals surface area contributed by atoms with Gasteiger partial charge in [-0.25, -0.2) is 14.4 Å². The molecule has 0 heterocycles. The summed E-state index contributed by atoms with van der Waals surface area (Å²) >= 11 is 0. The van der Waals surface area contributed by atoms with E-state index >= 15 is 0 Å². The number of hydrogen-bond donors (Lipinski definition) is 5. The number of carboxylic acids is 3. The Morgan fingerprint density at radius 3 is 1.73 bits per heavy atom. The van der Waals surface area contributed by atoms with Crippen LogP contribution in [0.5, 0.6) is 0 Å². The third-order valence-corrected chi connectivity index (χ3v) is 7.66. The number of nitrogens with two attached hydrogens (primary N) is 1. The maximum Gasteiger partial charge on any atom is 0.411 e. The third-order valence-electron chi connectivity index (χ3n) is 7.66. The number of carbonyl (C=O) groups is 5. The Bertz CT molecular complexity index is 1350. The van der Waals surface area contributed by atoms with Crippen molar-refractivity contribution in [3.05, 3.63) is 71.8 Å². The van der Waals surface area contributed by atoms with E-state index in [1.165, 1.54) is 4.90 Å². The minimum Gasteiger partial charge on any atom is -0.481 e. The lowest BCUT2D eigenvalue weighted by molar-refractivity contribution is -0.164. The number of aliphatic carboxylic acids is 3. The van der Waals surface area contributed by atoms with E-state index in [0.29, 0.717) is 6.42 Å². The van der Waals surface area contributed by atoms with Gasteiger partial charge >= 0.3 is 24.0 Å². The zero-order chi connectivity index (χ0) is 36.9. The number of amides is 2. The highest BCUT2D eigenvalue weighted by atomic mass is 16.6. The molecule has 266 valence electrons. The van der Waals surface area contributed by atoms with E-state index in [2.05, 4.69) is 5.32 Å². The van der Waals surface area contributed by atoms with Crippen LogP contribution in [-0.4, -0.2) is 73.3 Å². The predicted molar refractivity (Wildman–Crippen MR) is 182 cm³/mol. The molecule has 0 aliphatic heterocycles. The number of carboxylic acid groups (broad SMARTS) is 3. The number of nitrogens with one attached hydrogen (secondary N) is 1. The lowest BCUT2D eigenvalue weighted by Crippen LogP contribution is -2.70. The highest BCUT2D eigenvalue weighted by Gasteiger charge is 2.58. The average molecular weight is 672 g/mol. The number of benzene rings is 2. The fourth-order valence-corrected chi connectivity index (χ4v) is 5.27. The Morgan fingerprint density at radius 2 is 1.33 bits per heavy atom. The van der Waals surface area contributed by atoms with Crippen molar-refractivity contribution >= 4 is 29.9 Å². The summed E-state index contributed by atoms with van der Waals surface area (Å²) < 4.78 is 5.63. The molecule has 0 spiro atoms. The highest BCUT2D eigenvalue weighted by molar-refractivity contribution is 5.87. The van der Waals surface area contributed by atoms with Crippen LogP contribution in [0.25, 0.3) is 0 Å². The number of hydrogen-bond acceptors (Lipinski definition) is 7. The van der Waals surface area contributed by atoms with Gasteiger partial charge in [0.2, 0.25) is 5.91 Å². The van der Waals surface area contributed by atoms with Crippen molar-refractivity contribution in [3.8, 4) is 0 Å². The molecule has 0 bridgehead atoms. The Labute approximate surface area is 283 Å². The zero-order valence-electron chi connectivity index (χ0n) is 29.4. The highest BCUT2D eigenvalue weighted by Crippen LogP contribution is 2.43. The van der Waals surface area contributed by atoms with E-state index in [9.17, 15) is 29.1 Å². The molecule has 12 heteroatoms. The van der Waals surface area contributed by atoms with Gasteiger partial charge in [-0.15, -0.1) is 0 Å². The molecule has 0 fully saturated rings. The van der Waals surface area contributed by atoms with Gasteiger partial charge in [-0.3, -0.25) is 14.5 Å². The van der Waals surface area contributed by atoms with E-state index in [1.807, 2.05) is 116 Å². The smallest absolute Gasteiger partial charge is 0.411 e. The van der Waals surface area contributed by atoms with Gasteiger partial charge in [0.25, 0.3) is 0 Å². The molecule has 0 aromatic heterocycles. The average Bonchev–Trinajstić information content (AvgIpc) is 2.97. The molecule has 12 nitrogen and oxygen atoms in total. The van der Waals surface area contributed by atoms with Crippen LogP contribution in [0, 0.1) is 11.3 Å². The molecule has 0 aliphatic rings. The van der Waals surface area contributed by atoms with Crippen LogP contribution in [-0.2, 0) is 36.9 Å². The first-order valence-corrected chi connectivity index (χ1v) is 15.9. The summed E-state index contributed by atoms with van der Waals surface area (Å²) in [7, 11) is 0. The number of ether oxygens (including phenoxy) is 1. The summed E-state index contributed by atoms with van der Waals surface area (Å²) in [6.07, 6.45) is -0.511. The van der Waals surface area contributed by atoms with Gasteiger partial charge in [-0.1, -0.05) is 95.3 Å². The molecule has 2 aromatic carbocycles. The Morgan fingerprint density at radius 1 is 0.833 bits per heavy atom. The van der Waals surface area contributed by atoms with E-state index < -0.39 is 58.5 Å². The molecule has 0 unspecified atom stereocenters. The second-order valence-electron chi connectivity index (χ2n) is 14.2. The number of nitrogens with zero attached hydrogens (tertiary/aromatic N) is 1. The SMILES string of the molecule is CC(C)(C)N(C(=O)OCc1ccccc1)[C@@](Cc1ccccc1)(C(=O)O)C(C)(C)C.CC(C)C[C@H](N)C(=O)N[C@@H](CCC(=O)O)C(=O)O. The van der Waals surface area contributed by atoms with Crippen LogP contribution < -0.4 is 11.1 Å². The second kappa shape index (κ2) is 18.2. The van der Waals surface area contributed by atoms with Gasteiger partial charge in [0.05, 0.1) is 6.04 Å². The fourth-order valence-electron chi connectivity index (χ4n) is 5.27. The maximum atomic E-state index is 13.4. The minimum absolute atomic E-state index is 0.0808. The Kier molecular flexibility index (Phi) is 15.8. The standard InChI is InChI=1S/C25H33NO4.C11H20N2O5/c1-23(2,3)25(21(27)28,17-19-13-9-7-10-14-19)26(24(4,5)6)22(29)30-18-20-15-11-8-12-16-20;1-6(2)5-7(12)10(16)13-8(11(17)18)3-4-9(14)15/h7-16H,17-18H2,1-6H3,(H,27,28);6-8H,3-5,12H2,1-2H3,(H,13,16)(H,14,15)(H,17,18)/t25-;7-,8-/m00/s1. The Hall–Kier alpha value is -4.45. The minimum atomic E-state index is -1.51. The van der Waals surface area contributed by atoms with E-state index in [4.69, 9.17) is 20.7 Å². The molecule has 2 amide bonds. The predicted octanol–water partition coefficient (Wildman–Crippen LogP) is 5.33. The largest absolute Gasteiger partial charge is 0.481 e. The number of carbonyl (C=O) groups excluding carboxylic acids is 2. The second-order valence-corrected chi connectivity index (χ2v) is 14.2. The summed E-state index contributed by atoms with van der Waals surface area (Å²) in [6.45, 7) is 14.9. The third kappa shape index (κ3) is 12.6. The van der Waals surface area contributed by atoms with Gasteiger partial charge in [-0.2, -0.15) is 0 Å². The zero-order valence-corrected chi connectivity index (χ0v) is 29.4. The molecular weight excluding hydrogens is 618 g/mol. The molecule has 0 saturated heterocycles. The maximum absolute atomic E-state index is 13.4. The normalized spacial score (nSPS) is 14.0.